The molecule has 2 aromatic rings. The van der Waals surface area contributed by atoms with Crippen LogP contribution in [0.25, 0.3) is 10.9 Å². The molecular weight excluding hydrogens is 230 g/mol. The Kier molecular flexibility index (Phi) is 3.77. The average molecular weight is 245 g/mol. The van der Waals surface area contributed by atoms with Crippen molar-refractivity contribution in [2.45, 2.75) is 19.3 Å². The first-order chi connectivity index (χ1) is 8.77. The van der Waals surface area contributed by atoms with Crippen molar-refractivity contribution < 1.29 is 14.3 Å². The van der Waals surface area contributed by atoms with Gasteiger partial charge < -0.3 is 14.5 Å². The molecule has 0 aliphatic rings. The molecule has 1 aromatic carbocycles. The second kappa shape index (κ2) is 5.49. The highest BCUT2D eigenvalue weighted by Crippen LogP contribution is 2.28. The fourth-order valence-corrected chi connectivity index (χ4v) is 2.07. The molecule has 1 atom stereocenters. The average Bonchev–Trinajstić information content (AvgIpc) is 2.80. The monoisotopic (exact) mass is 245 g/mol. The molecule has 1 heterocycles. The number of hydrogen-bond acceptors (Lipinski definition) is 3. The van der Waals surface area contributed by atoms with Crippen molar-refractivity contribution in [1.29, 1.82) is 0 Å². The lowest BCUT2D eigenvalue weighted by molar-refractivity contribution is -0.145. The molecule has 18 heavy (non-hydrogen) atoms. The van der Waals surface area contributed by atoms with E-state index < -0.39 is 5.92 Å². The number of ether oxygens (including phenoxy) is 1. The molecular formula is C14H15NO3. The SMILES string of the molecule is CCOC(=O)[C@@H](CC=O)c1c[nH]c2ccccc12. The third-order valence-corrected chi connectivity index (χ3v) is 2.90. The first-order valence-corrected chi connectivity index (χ1v) is 5.94. The fourth-order valence-electron chi connectivity index (χ4n) is 2.07. The van der Waals surface area contributed by atoms with Crippen LogP contribution in [0.3, 0.4) is 0 Å². The minimum Gasteiger partial charge on any atom is -0.466 e. The molecule has 0 unspecified atom stereocenters. The Morgan fingerprint density at radius 3 is 2.94 bits per heavy atom. The first-order valence-electron chi connectivity index (χ1n) is 5.94. The third-order valence-electron chi connectivity index (χ3n) is 2.90. The molecule has 4 heteroatoms. The molecule has 0 bridgehead atoms. The molecule has 0 aliphatic heterocycles. The number of H-pyrrole nitrogens is 1. The molecule has 0 fully saturated rings. The largest absolute Gasteiger partial charge is 0.466 e. The minimum absolute atomic E-state index is 0.140. The zero-order valence-corrected chi connectivity index (χ0v) is 10.2. The van der Waals surface area contributed by atoms with Gasteiger partial charge in [-0.15, -0.1) is 0 Å². The lowest BCUT2D eigenvalue weighted by Gasteiger charge is -2.12. The number of nitrogens with one attached hydrogen (secondary N) is 1. The highest BCUT2D eigenvalue weighted by molar-refractivity contribution is 5.91. The van der Waals surface area contributed by atoms with Crippen LogP contribution in [0, 0.1) is 0 Å². The van der Waals surface area contributed by atoms with Crippen molar-refractivity contribution in [3.63, 3.8) is 0 Å². The molecule has 1 N–H and O–H groups in total. The fraction of sp³-hybridized carbons (Fsp3) is 0.286. The number of aldehydes is 1. The predicted molar refractivity (Wildman–Crippen MR) is 68.4 cm³/mol. The molecule has 0 spiro atoms. The summed E-state index contributed by atoms with van der Waals surface area (Å²) in [5, 5.41) is 0.956. The van der Waals surface area contributed by atoms with Gasteiger partial charge in [0.1, 0.15) is 6.29 Å². The van der Waals surface area contributed by atoms with Crippen LogP contribution in [0.15, 0.2) is 30.5 Å². The number of hydrogen-bond donors (Lipinski definition) is 1. The number of benzene rings is 1. The Bertz CT molecular complexity index is 559. The molecule has 0 amide bonds. The van der Waals surface area contributed by atoms with Gasteiger partial charge in [-0.1, -0.05) is 18.2 Å². The summed E-state index contributed by atoms with van der Waals surface area (Å²) in [7, 11) is 0. The van der Waals surface area contributed by atoms with Gasteiger partial charge in [-0.2, -0.15) is 0 Å². The Morgan fingerprint density at radius 1 is 1.44 bits per heavy atom. The van der Waals surface area contributed by atoms with E-state index in [2.05, 4.69) is 4.98 Å². The summed E-state index contributed by atoms with van der Waals surface area (Å²) in [5.74, 6) is -0.882. The van der Waals surface area contributed by atoms with Gasteiger partial charge in [-0.05, 0) is 18.6 Å². The van der Waals surface area contributed by atoms with Crippen LogP contribution in [0.5, 0.6) is 0 Å². The molecule has 94 valence electrons. The summed E-state index contributed by atoms with van der Waals surface area (Å²) in [6.07, 6.45) is 2.67. The van der Waals surface area contributed by atoms with Gasteiger partial charge in [-0.3, -0.25) is 4.79 Å². The quantitative estimate of drug-likeness (QED) is 0.650. The standard InChI is InChI=1S/C14H15NO3/c1-2-18-14(17)11(7-8-16)12-9-15-13-6-4-3-5-10(12)13/h3-6,8-9,11,15H,2,7H2,1H3/t11-/m0/s1. The molecule has 4 nitrogen and oxygen atoms in total. The maximum atomic E-state index is 11.9. The summed E-state index contributed by atoms with van der Waals surface area (Å²) >= 11 is 0. The summed E-state index contributed by atoms with van der Waals surface area (Å²) in [6, 6.07) is 7.69. The van der Waals surface area contributed by atoms with Gasteiger partial charge in [0, 0.05) is 23.5 Å². The lowest BCUT2D eigenvalue weighted by Crippen LogP contribution is -2.16. The highest BCUT2D eigenvalue weighted by Gasteiger charge is 2.24. The van der Waals surface area contributed by atoms with Crippen molar-refractivity contribution in [2.75, 3.05) is 6.61 Å². The molecule has 0 saturated carbocycles. The van der Waals surface area contributed by atoms with E-state index in [1.54, 1.807) is 13.1 Å². The second-order valence-corrected chi connectivity index (χ2v) is 4.00. The van der Waals surface area contributed by atoms with E-state index in [0.29, 0.717) is 6.61 Å². The molecule has 2 rings (SSSR count). The number of esters is 1. The van der Waals surface area contributed by atoms with E-state index in [9.17, 15) is 9.59 Å². The normalized spacial score (nSPS) is 12.3. The number of aromatic amines is 1. The smallest absolute Gasteiger partial charge is 0.313 e. The van der Waals surface area contributed by atoms with E-state index in [1.807, 2.05) is 24.3 Å². The third kappa shape index (κ3) is 2.27. The van der Waals surface area contributed by atoms with Crippen LogP contribution in [-0.4, -0.2) is 23.8 Å². The van der Waals surface area contributed by atoms with Gasteiger partial charge in [-0.25, -0.2) is 0 Å². The number of fused-ring (bicyclic) bond motifs is 1. The number of carbonyl (C=O) groups is 2. The topological polar surface area (TPSA) is 59.2 Å². The van der Waals surface area contributed by atoms with Crippen LogP contribution in [0.2, 0.25) is 0 Å². The van der Waals surface area contributed by atoms with Crippen LogP contribution in [-0.2, 0) is 14.3 Å². The summed E-state index contributed by atoms with van der Waals surface area (Å²) in [5.41, 5.74) is 1.77. The maximum Gasteiger partial charge on any atom is 0.313 e. The van der Waals surface area contributed by atoms with E-state index in [1.165, 1.54) is 0 Å². The van der Waals surface area contributed by atoms with Gasteiger partial charge in [0.2, 0.25) is 0 Å². The predicted octanol–water partition coefficient (Wildman–Crippen LogP) is 2.40. The molecule has 0 radical (unpaired) electrons. The zero-order chi connectivity index (χ0) is 13.0. The Morgan fingerprint density at radius 2 is 2.22 bits per heavy atom. The van der Waals surface area contributed by atoms with Crippen molar-refractivity contribution in [3.05, 3.63) is 36.0 Å². The molecule has 0 aliphatic carbocycles. The van der Waals surface area contributed by atoms with E-state index in [0.717, 1.165) is 22.8 Å². The van der Waals surface area contributed by atoms with Crippen molar-refractivity contribution >= 4 is 23.2 Å². The Balaban J connectivity index is 2.41. The van der Waals surface area contributed by atoms with E-state index in [-0.39, 0.29) is 12.4 Å². The maximum absolute atomic E-state index is 11.9. The summed E-state index contributed by atoms with van der Waals surface area (Å²) in [4.78, 5) is 25.7. The first kappa shape index (κ1) is 12.4. The van der Waals surface area contributed by atoms with E-state index in [4.69, 9.17) is 4.74 Å². The van der Waals surface area contributed by atoms with Gasteiger partial charge in [0.15, 0.2) is 0 Å². The number of carbonyl (C=O) groups excluding carboxylic acids is 2. The summed E-state index contributed by atoms with van der Waals surface area (Å²) < 4.78 is 5.02. The van der Waals surface area contributed by atoms with Gasteiger partial charge >= 0.3 is 5.97 Å². The lowest BCUT2D eigenvalue weighted by atomic mass is 9.96. The van der Waals surface area contributed by atoms with Crippen LogP contribution < -0.4 is 0 Å². The Hall–Kier alpha value is -2.10. The molecule has 1 aromatic heterocycles. The van der Waals surface area contributed by atoms with Crippen LogP contribution in [0.4, 0.5) is 0 Å². The van der Waals surface area contributed by atoms with Gasteiger partial charge in [0.25, 0.3) is 0 Å². The second-order valence-electron chi connectivity index (χ2n) is 4.00. The van der Waals surface area contributed by atoms with Crippen molar-refractivity contribution in [2.24, 2.45) is 0 Å². The molecule has 0 saturated heterocycles. The van der Waals surface area contributed by atoms with Crippen molar-refractivity contribution in [3.8, 4) is 0 Å². The van der Waals surface area contributed by atoms with Crippen molar-refractivity contribution in [1.82, 2.24) is 4.98 Å². The van der Waals surface area contributed by atoms with Gasteiger partial charge in [0.05, 0.1) is 12.5 Å². The minimum atomic E-state index is -0.529. The number of aromatic nitrogens is 1. The number of rotatable bonds is 5. The van der Waals surface area contributed by atoms with Crippen LogP contribution in [0.1, 0.15) is 24.8 Å². The summed E-state index contributed by atoms with van der Waals surface area (Å²) in [6.45, 7) is 2.07. The zero-order valence-electron chi connectivity index (χ0n) is 10.2. The van der Waals surface area contributed by atoms with Crippen LogP contribution >= 0.6 is 0 Å². The van der Waals surface area contributed by atoms with E-state index >= 15 is 0 Å². The highest BCUT2D eigenvalue weighted by atomic mass is 16.5. The Labute approximate surface area is 105 Å². The number of para-hydroxylation sites is 1.